The average Bonchev–Trinajstić information content (AvgIpc) is 3.40. The monoisotopic (exact) mass is 472 g/mol. The van der Waals surface area contributed by atoms with Gasteiger partial charge in [0, 0.05) is 31.4 Å². The van der Waals surface area contributed by atoms with Crippen molar-refractivity contribution >= 4 is 28.7 Å². The van der Waals surface area contributed by atoms with Crippen molar-refractivity contribution in [3.05, 3.63) is 36.0 Å². The van der Waals surface area contributed by atoms with Gasteiger partial charge < -0.3 is 20.5 Å². The Morgan fingerprint density at radius 1 is 1.12 bits per heavy atom. The molecule has 2 aliphatic rings. The van der Waals surface area contributed by atoms with Crippen molar-refractivity contribution in [3.63, 3.8) is 0 Å². The summed E-state index contributed by atoms with van der Waals surface area (Å²) in [6.45, 7) is 4.94. The fourth-order valence-corrected chi connectivity index (χ4v) is 4.99. The molecule has 10 heteroatoms. The zero-order valence-corrected chi connectivity index (χ0v) is 19.4. The molecule has 1 aliphatic carbocycles. The van der Waals surface area contributed by atoms with Crippen LogP contribution >= 0.6 is 0 Å². The van der Waals surface area contributed by atoms with E-state index in [4.69, 9.17) is 9.72 Å². The number of nitrogens with one attached hydrogen (secondary N) is 2. The van der Waals surface area contributed by atoms with E-state index in [9.17, 15) is 13.9 Å². The van der Waals surface area contributed by atoms with E-state index in [2.05, 4.69) is 20.6 Å². The maximum absolute atomic E-state index is 14.4. The fourth-order valence-electron chi connectivity index (χ4n) is 4.99. The van der Waals surface area contributed by atoms with E-state index in [0.717, 1.165) is 38.2 Å². The Bertz CT molecular complexity index is 1170. The molecule has 5 rings (SSSR count). The smallest absolute Gasteiger partial charge is 0.224 e. The summed E-state index contributed by atoms with van der Waals surface area (Å²) < 4.78 is 35.2. The summed E-state index contributed by atoms with van der Waals surface area (Å²) in [5, 5.41) is 16.8. The maximum atomic E-state index is 14.4. The highest BCUT2D eigenvalue weighted by molar-refractivity contribution is 5.76. The Morgan fingerprint density at radius 3 is 2.62 bits per heavy atom. The van der Waals surface area contributed by atoms with Crippen LogP contribution in [0.1, 0.15) is 52.0 Å². The standard InChI is InChI=1S/C24H30F2N6O2/c1-24(2,33)14-3-5-16(11-14)28-22-27-13-20-21(31-22)32(17-7-9-34-10-8-17)23(30-20)29-19-6-4-15(25)12-18(19)26/h4,6,12-14,16-17,33H,3,5,7-11H2,1-2H3,(H,29,30)(H,27,28,31)/t14-,16?/m1/s1. The number of hydrogen-bond donors (Lipinski definition) is 3. The first-order valence-corrected chi connectivity index (χ1v) is 11.8. The SMILES string of the molecule is CC(C)(O)[C@@H]1CCC(Nc2ncc3nc(Nc4ccc(F)cc4F)n(C4CCOCC4)c3n2)C1. The first kappa shape index (κ1) is 22.9. The average molecular weight is 473 g/mol. The third kappa shape index (κ3) is 4.69. The van der Waals surface area contributed by atoms with E-state index >= 15 is 0 Å². The van der Waals surface area contributed by atoms with Crippen LogP contribution in [-0.2, 0) is 4.74 Å². The van der Waals surface area contributed by atoms with Crippen molar-refractivity contribution in [2.45, 2.75) is 63.6 Å². The lowest BCUT2D eigenvalue weighted by Crippen LogP contribution is -2.30. The van der Waals surface area contributed by atoms with Crippen LogP contribution in [-0.4, -0.2) is 49.5 Å². The van der Waals surface area contributed by atoms with E-state index in [1.54, 1.807) is 6.20 Å². The molecule has 2 aromatic heterocycles. The van der Waals surface area contributed by atoms with Crippen molar-refractivity contribution in [2.75, 3.05) is 23.8 Å². The van der Waals surface area contributed by atoms with E-state index in [0.29, 0.717) is 36.3 Å². The molecule has 1 unspecified atom stereocenters. The molecule has 3 aromatic rings. The number of benzene rings is 1. The van der Waals surface area contributed by atoms with Crippen LogP contribution in [0.4, 0.5) is 26.4 Å². The van der Waals surface area contributed by atoms with Crippen LogP contribution in [0.2, 0.25) is 0 Å². The van der Waals surface area contributed by atoms with Gasteiger partial charge in [-0.15, -0.1) is 0 Å². The van der Waals surface area contributed by atoms with Crippen molar-refractivity contribution < 1.29 is 18.6 Å². The first-order chi connectivity index (χ1) is 16.3. The van der Waals surface area contributed by atoms with E-state index < -0.39 is 17.2 Å². The lowest BCUT2D eigenvalue weighted by molar-refractivity contribution is 0.0197. The summed E-state index contributed by atoms with van der Waals surface area (Å²) in [7, 11) is 0. The van der Waals surface area contributed by atoms with Gasteiger partial charge in [0.05, 0.1) is 17.5 Å². The summed E-state index contributed by atoms with van der Waals surface area (Å²) in [5.41, 5.74) is 0.660. The van der Waals surface area contributed by atoms with Crippen molar-refractivity contribution in [2.24, 2.45) is 5.92 Å². The minimum absolute atomic E-state index is 0.0681. The normalized spacial score (nSPS) is 21.8. The van der Waals surface area contributed by atoms with Crippen LogP contribution in [0.5, 0.6) is 0 Å². The number of fused-ring (bicyclic) bond motifs is 1. The highest BCUT2D eigenvalue weighted by Gasteiger charge is 2.35. The van der Waals surface area contributed by atoms with Crippen LogP contribution in [0.15, 0.2) is 24.4 Å². The minimum Gasteiger partial charge on any atom is -0.390 e. The topological polar surface area (TPSA) is 97.1 Å². The Hall–Kier alpha value is -2.85. The third-order valence-corrected chi connectivity index (χ3v) is 6.93. The predicted octanol–water partition coefficient (Wildman–Crippen LogP) is 4.55. The summed E-state index contributed by atoms with van der Waals surface area (Å²) in [4.78, 5) is 13.9. The van der Waals surface area contributed by atoms with Gasteiger partial charge in [0.1, 0.15) is 17.2 Å². The molecule has 1 aromatic carbocycles. The molecule has 0 radical (unpaired) electrons. The Kier molecular flexibility index (Phi) is 6.11. The highest BCUT2D eigenvalue weighted by Crippen LogP contribution is 2.36. The van der Waals surface area contributed by atoms with Gasteiger partial charge in [-0.05, 0) is 64.0 Å². The maximum Gasteiger partial charge on any atom is 0.224 e. The van der Waals surface area contributed by atoms with Gasteiger partial charge in [0.2, 0.25) is 11.9 Å². The molecular weight excluding hydrogens is 442 g/mol. The minimum atomic E-state index is -0.709. The highest BCUT2D eigenvalue weighted by atomic mass is 19.1. The molecule has 0 amide bonds. The van der Waals surface area contributed by atoms with E-state index in [1.807, 2.05) is 18.4 Å². The fraction of sp³-hybridized carbons (Fsp3) is 0.542. The second-order valence-electron chi connectivity index (χ2n) is 9.81. The van der Waals surface area contributed by atoms with Gasteiger partial charge in [-0.2, -0.15) is 4.98 Å². The van der Waals surface area contributed by atoms with Crippen molar-refractivity contribution in [3.8, 4) is 0 Å². The second-order valence-corrected chi connectivity index (χ2v) is 9.81. The molecule has 34 heavy (non-hydrogen) atoms. The van der Waals surface area contributed by atoms with Gasteiger partial charge in [0.15, 0.2) is 5.65 Å². The zero-order valence-electron chi connectivity index (χ0n) is 19.4. The van der Waals surface area contributed by atoms with E-state index in [-0.39, 0.29) is 23.7 Å². The van der Waals surface area contributed by atoms with E-state index in [1.165, 1.54) is 12.1 Å². The van der Waals surface area contributed by atoms with Crippen molar-refractivity contribution in [1.82, 2.24) is 19.5 Å². The van der Waals surface area contributed by atoms with Crippen LogP contribution in [0, 0.1) is 17.6 Å². The molecule has 1 saturated heterocycles. The largest absolute Gasteiger partial charge is 0.390 e. The lowest BCUT2D eigenvalue weighted by Gasteiger charge is -2.26. The molecule has 0 bridgehead atoms. The Labute approximate surface area is 196 Å². The number of aromatic nitrogens is 4. The molecular formula is C24H30F2N6O2. The summed E-state index contributed by atoms with van der Waals surface area (Å²) >= 11 is 0. The van der Waals surface area contributed by atoms with Gasteiger partial charge in [-0.25, -0.2) is 18.7 Å². The van der Waals surface area contributed by atoms with Gasteiger partial charge >= 0.3 is 0 Å². The molecule has 3 heterocycles. The number of ether oxygens (including phenoxy) is 1. The first-order valence-electron chi connectivity index (χ1n) is 11.8. The molecule has 182 valence electrons. The molecule has 3 N–H and O–H groups in total. The molecule has 2 fully saturated rings. The molecule has 0 spiro atoms. The van der Waals surface area contributed by atoms with Gasteiger partial charge in [-0.3, -0.25) is 4.57 Å². The van der Waals surface area contributed by atoms with Gasteiger partial charge in [0.25, 0.3) is 0 Å². The lowest BCUT2D eigenvalue weighted by atomic mass is 9.90. The summed E-state index contributed by atoms with van der Waals surface area (Å²) in [5.74, 6) is -0.172. The number of halogens is 2. The van der Waals surface area contributed by atoms with Crippen LogP contribution in [0.25, 0.3) is 11.2 Å². The predicted molar refractivity (Wildman–Crippen MR) is 125 cm³/mol. The number of imidazole rings is 1. The Morgan fingerprint density at radius 2 is 1.91 bits per heavy atom. The third-order valence-electron chi connectivity index (χ3n) is 6.93. The van der Waals surface area contributed by atoms with Gasteiger partial charge in [-0.1, -0.05) is 0 Å². The number of aliphatic hydroxyl groups is 1. The number of rotatable bonds is 6. The molecule has 2 atom stereocenters. The van der Waals surface area contributed by atoms with Crippen LogP contribution < -0.4 is 10.6 Å². The number of nitrogens with zero attached hydrogens (tertiary/aromatic N) is 4. The Balaban J connectivity index is 1.46. The molecule has 1 aliphatic heterocycles. The van der Waals surface area contributed by atoms with Crippen molar-refractivity contribution in [1.29, 1.82) is 0 Å². The second kappa shape index (κ2) is 9.07. The molecule has 1 saturated carbocycles. The van der Waals surface area contributed by atoms with Crippen LogP contribution in [0.3, 0.4) is 0 Å². The number of hydrogen-bond acceptors (Lipinski definition) is 7. The zero-order chi connectivity index (χ0) is 23.9. The number of anilines is 3. The molecule has 8 nitrogen and oxygen atoms in total. The summed E-state index contributed by atoms with van der Waals surface area (Å²) in [6, 6.07) is 3.65. The summed E-state index contributed by atoms with van der Waals surface area (Å²) in [6.07, 6.45) is 5.94. The quantitative estimate of drug-likeness (QED) is 0.484.